The third-order valence-electron chi connectivity index (χ3n) is 4.18. The third kappa shape index (κ3) is 4.69. The van der Waals surface area contributed by atoms with Gasteiger partial charge in [0.1, 0.15) is 5.82 Å². The molecule has 0 spiro atoms. The summed E-state index contributed by atoms with van der Waals surface area (Å²) < 4.78 is 51.5. The van der Waals surface area contributed by atoms with Crippen molar-refractivity contribution in [3.8, 4) is 11.5 Å². The zero-order valence-electron chi connectivity index (χ0n) is 16.2. The van der Waals surface area contributed by atoms with Gasteiger partial charge in [0.05, 0.1) is 30.4 Å². The van der Waals surface area contributed by atoms with E-state index in [4.69, 9.17) is 9.47 Å². The number of rotatable bonds is 7. The molecule has 0 fully saturated rings. The molecule has 30 heavy (non-hydrogen) atoms. The summed E-state index contributed by atoms with van der Waals surface area (Å²) in [5.74, 6) is -0.346. The summed E-state index contributed by atoms with van der Waals surface area (Å²) in [6, 6.07) is 15.5. The largest absolute Gasteiger partial charge is 0.493 e. The lowest BCUT2D eigenvalue weighted by Gasteiger charge is -2.14. The van der Waals surface area contributed by atoms with Gasteiger partial charge in [0.2, 0.25) is 0 Å². The van der Waals surface area contributed by atoms with Crippen LogP contribution in [0.2, 0.25) is 0 Å². The molecule has 0 heterocycles. The lowest BCUT2D eigenvalue weighted by Crippen LogP contribution is -2.18. The zero-order valence-corrected chi connectivity index (χ0v) is 17.0. The van der Waals surface area contributed by atoms with Crippen LogP contribution in [0.3, 0.4) is 0 Å². The molecule has 0 aliphatic heterocycles. The van der Waals surface area contributed by atoms with Crippen molar-refractivity contribution >= 4 is 27.3 Å². The van der Waals surface area contributed by atoms with Gasteiger partial charge in [-0.1, -0.05) is 12.1 Å². The van der Waals surface area contributed by atoms with Crippen molar-refractivity contribution in [1.29, 1.82) is 0 Å². The Morgan fingerprint density at radius 1 is 0.900 bits per heavy atom. The number of methoxy groups -OCH3 is 2. The van der Waals surface area contributed by atoms with Gasteiger partial charge in [-0.25, -0.2) is 12.8 Å². The minimum atomic E-state index is -4.02. The van der Waals surface area contributed by atoms with Crippen LogP contribution >= 0.6 is 0 Å². The Bertz CT molecular complexity index is 1160. The number of amides is 1. The predicted octanol–water partition coefficient (Wildman–Crippen LogP) is 3.90. The molecule has 3 aromatic rings. The molecular weight excluding hydrogens is 411 g/mol. The van der Waals surface area contributed by atoms with Gasteiger partial charge in [0.25, 0.3) is 15.9 Å². The monoisotopic (exact) mass is 430 g/mol. The van der Waals surface area contributed by atoms with Crippen molar-refractivity contribution in [3.63, 3.8) is 0 Å². The van der Waals surface area contributed by atoms with Gasteiger partial charge >= 0.3 is 0 Å². The van der Waals surface area contributed by atoms with Crippen molar-refractivity contribution in [2.24, 2.45) is 0 Å². The molecule has 0 unspecified atom stereocenters. The van der Waals surface area contributed by atoms with Crippen molar-refractivity contribution < 1.29 is 27.1 Å². The van der Waals surface area contributed by atoms with Gasteiger partial charge in [-0.2, -0.15) is 0 Å². The zero-order chi connectivity index (χ0) is 21.7. The molecule has 0 saturated heterocycles. The SMILES string of the molecule is COc1ccc(S(=O)(=O)Nc2ccccc2C(=O)Nc2ccc(F)cc2)cc1OC. The van der Waals surface area contributed by atoms with Gasteiger partial charge in [-0.05, 0) is 48.5 Å². The number of halogens is 1. The first-order valence-electron chi connectivity index (χ1n) is 8.75. The Morgan fingerprint density at radius 2 is 1.57 bits per heavy atom. The molecule has 2 N–H and O–H groups in total. The summed E-state index contributed by atoms with van der Waals surface area (Å²) in [6.45, 7) is 0. The normalized spacial score (nSPS) is 10.9. The average molecular weight is 430 g/mol. The fourth-order valence-corrected chi connectivity index (χ4v) is 3.78. The summed E-state index contributed by atoms with van der Waals surface area (Å²) in [5.41, 5.74) is 0.566. The fourth-order valence-electron chi connectivity index (χ4n) is 2.69. The standard InChI is InChI=1S/C21H19FN2O5S/c1-28-19-12-11-16(13-20(19)29-2)30(26,27)24-18-6-4-3-5-17(18)21(25)23-15-9-7-14(22)8-10-15/h3-13,24H,1-2H3,(H,23,25). The van der Waals surface area contributed by atoms with Crippen molar-refractivity contribution in [1.82, 2.24) is 0 Å². The maximum absolute atomic E-state index is 13.1. The number of benzene rings is 3. The molecule has 156 valence electrons. The van der Waals surface area contributed by atoms with Gasteiger partial charge in [0.15, 0.2) is 11.5 Å². The summed E-state index contributed by atoms with van der Waals surface area (Å²) in [7, 11) is -1.18. The van der Waals surface area contributed by atoms with E-state index in [1.165, 1.54) is 68.8 Å². The molecular formula is C21H19FN2O5S. The first-order chi connectivity index (χ1) is 14.3. The minimum absolute atomic E-state index is 0.0612. The number of ether oxygens (including phenoxy) is 2. The number of anilines is 2. The maximum atomic E-state index is 13.1. The topological polar surface area (TPSA) is 93.7 Å². The van der Waals surface area contributed by atoms with Gasteiger partial charge < -0.3 is 14.8 Å². The number of para-hydroxylation sites is 1. The molecule has 0 aromatic heterocycles. The van der Waals surface area contributed by atoms with Gasteiger partial charge in [-0.15, -0.1) is 0 Å². The molecule has 7 nitrogen and oxygen atoms in total. The van der Waals surface area contributed by atoms with Crippen molar-refractivity contribution in [2.75, 3.05) is 24.3 Å². The first kappa shape index (κ1) is 21.1. The van der Waals surface area contributed by atoms with Crippen molar-refractivity contribution in [3.05, 3.63) is 78.1 Å². The van der Waals surface area contributed by atoms with E-state index in [1.54, 1.807) is 12.1 Å². The summed E-state index contributed by atoms with van der Waals surface area (Å²) in [5, 5.41) is 2.61. The number of carbonyl (C=O) groups excluding carboxylic acids is 1. The first-order valence-corrected chi connectivity index (χ1v) is 10.2. The van der Waals surface area contributed by atoms with Gasteiger partial charge in [0, 0.05) is 11.8 Å². The highest BCUT2D eigenvalue weighted by Gasteiger charge is 2.20. The molecule has 0 bridgehead atoms. The molecule has 3 aromatic carbocycles. The smallest absolute Gasteiger partial charge is 0.262 e. The molecule has 3 rings (SSSR count). The molecule has 0 atom stereocenters. The molecule has 0 saturated carbocycles. The van der Waals surface area contributed by atoms with E-state index in [0.717, 1.165) is 0 Å². The van der Waals surface area contributed by atoms with Crippen LogP contribution in [0.1, 0.15) is 10.4 Å². The lowest BCUT2D eigenvalue weighted by molar-refractivity contribution is 0.102. The van der Waals surface area contributed by atoms with E-state index >= 15 is 0 Å². The van der Waals surface area contributed by atoms with Crippen LogP contribution in [0.5, 0.6) is 11.5 Å². The second-order valence-electron chi connectivity index (χ2n) is 6.13. The Kier molecular flexibility index (Phi) is 6.22. The second-order valence-corrected chi connectivity index (χ2v) is 7.81. The highest BCUT2D eigenvalue weighted by atomic mass is 32.2. The fraction of sp³-hybridized carbons (Fsp3) is 0.0952. The second kappa shape index (κ2) is 8.83. The van der Waals surface area contributed by atoms with E-state index in [9.17, 15) is 17.6 Å². The van der Waals surface area contributed by atoms with E-state index in [2.05, 4.69) is 10.0 Å². The summed E-state index contributed by atoms with van der Waals surface area (Å²) >= 11 is 0. The van der Waals surface area contributed by atoms with Crippen LogP contribution in [0.15, 0.2) is 71.6 Å². The number of hydrogen-bond donors (Lipinski definition) is 2. The quantitative estimate of drug-likeness (QED) is 0.593. The Morgan fingerprint density at radius 3 is 2.23 bits per heavy atom. The molecule has 0 aliphatic carbocycles. The van der Waals surface area contributed by atoms with Crippen LogP contribution in [0.4, 0.5) is 15.8 Å². The molecule has 0 radical (unpaired) electrons. The molecule has 0 aliphatic rings. The van der Waals surface area contributed by atoms with E-state index in [-0.39, 0.29) is 21.9 Å². The predicted molar refractivity (Wildman–Crippen MR) is 111 cm³/mol. The number of sulfonamides is 1. The van der Waals surface area contributed by atoms with Crippen LogP contribution in [-0.2, 0) is 10.0 Å². The third-order valence-corrected chi connectivity index (χ3v) is 5.55. The number of nitrogens with one attached hydrogen (secondary N) is 2. The maximum Gasteiger partial charge on any atom is 0.262 e. The minimum Gasteiger partial charge on any atom is -0.493 e. The highest BCUT2D eigenvalue weighted by Crippen LogP contribution is 2.30. The lowest BCUT2D eigenvalue weighted by atomic mass is 10.1. The van der Waals surface area contributed by atoms with Crippen LogP contribution in [-0.4, -0.2) is 28.5 Å². The Hall–Kier alpha value is -3.59. The van der Waals surface area contributed by atoms with Crippen LogP contribution < -0.4 is 19.5 Å². The van der Waals surface area contributed by atoms with Crippen LogP contribution in [0, 0.1) is 5.82 Å². The Balaban J connectivity index is 1.88. The summed E-state index contributed by atoms with van der Waals surface area (Å²) in [4.78, 5) is 12.6. The highest BCUT2D eigenvalue weighted by molar-refractivity contribution is 7.92. The van der Waals surface area contributed by atoms with Gasteiger partial charge in [-0.3, -0.25) is 9.52 Å². The molecule has 1 amide bonds. The van der Waals surface area contributed by atoms with E-state index < -0.39 is 21.7 Å². The van der Waals surface area contributed by atoms with E-state index in [1.807, 2.05) is 0 Å². The average Bonchev–Trinajstić information content (AvgIpc) is 2.74. The molecule has 9 heteroatoms. The number of hydrogen-bond acceptors (Lipinski definition) is 5. The summed E-state index contributed by atoms with van der Waals surface area (Å²) in [6.07, 6.45) is 0. The number of carbonyl (C=O) groups is 1. The Labute approximate surface area is 173 Å². The van der Waals surface area contributed by atoms with Crippen molar-refractivity contribution in [2.45, 2.75) is 4.90 Å². The van der Waals surface area contributed by atoms with E-state index in [0.29, 0.717) is 11.4 Å². The van der Waals surface area contributed by atoms with Crippen LogP contribution in [0.25, 0.3) is 0 Å².